The molecule has 0 amide bonds. The predicted molar refractivity (Wildman–Crippen MR) is 109 cm³/mol. The number of halogens is 1. The first-order chi connectivity index (χ1) is 12.2. The van der Waals surface area contributed by atoms with E-state index in [4.69, 9.17) is 21.1 Å². The van der Waals surface area contributed by atoms with Crippen LogP contribution in [0.3, 0.4) is 0 Å². The molecule has 0 aliphatic heterocycles. The van der Waals surface area contributed by atoms with Crippen LogP contribution in [0.4, 0.5) is 0 Å². The molecule has 0 spiro atoms. The fourth-order valence-electron chi connectivity index (χ4n) is 3.56. The van der Waals surface area contributed by atoms with Crippen molar-refractivity contribution in [1.29, 1.82) is 0 Å². The van der Waals surface area contributed by atoms with Gasteiger partial charge in [0.2, 0.25) is 0 Å². The summed E-state index contributed by atoms with van der Waals surface area (Å²) in [7, 11) is 0.441. The van der Waals surface area contributed by atoms with Crippen LogP contribution in [0, 0.1) is 0 Å². The zero-order valence-corrected chi connectivity index (χ0v) is 18.1. The first-order valence-electron chi connectivity index (χ1n) is 9.29. The maximum atomic E-state index is 12.9. The van der Waals surface area contributed by atoms with Crippen molar-refractivity contribution in [2.24, 2.45) is 0 Å². The molecule has 1 aromatic carbocycles. The zero-order valence-electron chi connectivity index (χ0n) is 16.5. The monoisotopic (exact) mass is 401 g/mol. The second-order valence-corrected chi connectivity index (χ2v) is 10.4. The van der Waals surface area contributed by atoms with Gasteiger partial charge in [-0.1, -0.05) is 37.1 Å². The fraction of sp³-hybridized carbons (Fsp3) is 0.700. The van der Waals surface area contributed by atoms with Crippen LogP contribution >= 0.6 is 11.6 Å². The van der Waals surface area contributed by atoms with E-state index in [1.165, 1.54) is 5.56 Å². The van der Waals surface area contributed by atoms with Crippen molar-refractivity contribution in [3.05, 3.63) is 34.9 Å². The number of nitrogens with one attached hydrogen (secondary N) is 1. The van der Waals surface area contributed by atoms with E-state index in [-0.39, 0.29) is 29.1 Å². The molecule has 1 aromatic rings. The number of rotatable bonds is 9. The van der Waals surface area contributed by atoms with Gasteiger partial charge >= 0.3 is 0 Å². The molecule has 4 nitrogen and oxygen atoms in total. The Morgan fingerprint density at radius 3 is 2.31 bits per heavy atom. The first-order valence-corrected chi connectivity index (χ1v) is 10.8. The highest BCUT2D eigenvalue weighted by Gasteiger charge is 2.49. The summed E-state index contributed by atoms with van der Waals surface area (Å²) >= 11 is 6.10. The molecule has 0 bridgehead atoms. The van der Waals surface area contributed by atoms with Gasteiger partial charge in [-0.25, -0.2) is 8.93 Å². The topological polar surface area (TPSA) is 47.6 Å². The van der Waals surface area contributed by atoms with E-state index in [9.17, 15) is 4.21 Å². The van der Waals surface area contributed by atoms with Crippen LogP contribution in [0.25, 0.3) is 0 Å². The molecule has 6 heteroatoms. The standard InChI is InChI=1S/C20H32ClNO3S/c1-6-17(25-14-24-5)18(22-26(23)19(2,3)4)20(12-7-13-20)15-8-10-16(21)11-9-15/h8-11,17-18,22H,6-7,12-14H2,1-5H3/t17-,18-,26-/m0/s1. The molecule has 0 aromatic heterocycles. The van der Waals surface area contributed by atoms with Crippen molar-refractivity contribution in [2.45, 2.75) is 75.7 Å². The quantitative estimate of drug-likeness (QED) is 0.616. The third-order valence-corrected chi connectivity index (χ3v) is 7.06. The van der Waals surface area contributed by atoms with E-state index >= 15 is 0 Å². The minimum Gasteiger partial charge on any atom is -0.359 e. The first kappa shape index (κ1) is 21.8. The summed E-state index contributed by atoms with van der Waals surface area (Å²) < 4.78 is 27.2. The highest BCUT2D eigenvalue weighted by molar-refractivity contribution is 7.84. The van der Waals surface area contributed by atoms with E-state index in [1.807, 2.05) is 32.9 Å². The van der Waals surface area contributed by atoms with Crippen LogP contribution < -0.4 is 4.72 Å². The molecule has 1 saturated carbocycles. The Balaban J connectivity index is 2.39. The summed E-state index contributed by atoms with van der Waals surface area (Å²) in [5, 5.41) is 0.730. The van der Waals surface area contributed by atoms with Gasteiger partial charge in [0.05, 0.1) is 27.9 Å². The van der Waals surface area contributed by atoms with Crippen molar-refractivity contribution in [3.8, 4) is 0 Å². The number of hydrogen-bond donors (Lipinski definition) is 1. The lowest BCUT2D eigenvalue weighted by Crippen LogP contribution is -2.60. The van der Waals surface area contributed by atoms with Gasteiger partial charge in [-0.2, -0.15) is 0 Å². The molecular formula is C20H32ClNO3S. The number of ether oxygens (including phenoxy) is 2. The molecule has 148 valence electrons. The highest BCUT2D eigenvalue weighted by atomic mass is 35.5. The minimum atomic E-state index is -1.18. The van der Waals surface area contributed by atoms with Gasteiger partial charge in [0, 0.05) is 17.5 Å². The number of benzene rings is 1. The largest absolute Gasteiger partial charge is 0.359 e. The third-order valence-electron chi connectivity index (χ3n) is 5.22. The average molecular weight is 402 g/mol. The Kier molecular flexibility index (Phi) is 7.69. The molecule has 26 heavy (non-hydrogen) atoms. The van der Waals surface area contributed by atoms with Crippen LogP contribution in [-0.4, -0.2) is 35.0 Å². The van der Waals surface area contributed by atoms with Gasteiger partial charge in [-0.15, -0.1) is 0 Å². The Morgan fingerprint density at radius 2 is 1.88 bits per heavy atom. The Bertz CT molecular complexity index is 596. The molecule has 1 fully saturated rings. The molecule has 0 saturated heterocycles. The van der Waals surface area contributed by atoms with Crippen LogP contribution in [0.5, 0.6) is 0 Å². The van der Waals surface area contributed by atoms with E-state index in [1.54, 1.807) is 7.11 Å². The lowest BCUT2D eigenvalue weighted by Gasteiger charge is -2.51. The molecule has 3 atom stereocenters. The fourth-order valence-corrected chi connectivity index (χ4v) is 4.65. The van der Waals surface area contributed by atoms with Gasteiger partial charge in [0.15, 0.2) is 0 Å². The second-order valence-electron chi connectivity index (χ2n) is 8.01. The van der Waals surface area contributed by atoms with Crippen LogP contribution in [0.15, 0.2) is 24.3 Å². The molecule has 1 N–H and O–H groups in total. The van der Waals surface area contributed by atoms with Gasteiger partial charge < -0.3 is 9.47 Å². The summed E-state index contributed by atoms with van der Waals surface area (Å²) in [5.74, 6) is 0. The maximum Gasteiger partial charge on any atom is 0.146 e. The van der Waals surface area contributed by atoms with E-state index in [0.29, 0.717) is 0 Å². The predicted octanol–water partition coefficient (Wildman–Crippen LogP) is 4.58. The second kappa shape index (κ2) is 9.16. The molecule has 1 aliphatic rings. The van der Waals surface area contributed by atoms with Gasteiger partial charge in [0.25, 0.3) is 0 Å². The van der Waals surface area contributed by atoms with Crippen LogP contribution in [0.1, 0.15) is 58.9 Å². The zero-order chi connectivity index (χ0) is 19.4. The third kappa shape index (κ3) is 4.87. The summed E-state index contributed by atoms with van der Waals surface area (Å²) in [6.07, 6.45) is 3.97. The molecule has 1 aliphatic carbocycles. The van der Waals surface area contributed by atoms with Gasteiger partial charge in [-0.05, 0) is 57.7 Å². The van der Waals surface area contributed by atoms with Crippen LogP contribution in [0.2, 0.25) is 5.02 Å². The van der Waals surface area contributed by atoms with Gasteiger partial charge in [0.1, 0.15) is 6.79 Å². The molecule has 0 heterocycles. The Morgan fingerprint density at radius 1 is 1.27 bits per heavy atom. The van der Waals surface area contributed by atoms with Gasteiger partial charge in [-0.3, -0.25) is 0 Å². The van der Waals surface area contributed by atoms with E-state index in [2.05, 4.69) is 23.8 Å². The van der Waals surface area contributed by atoms with E-state index < -0.39 is 11.0 Å². The normalized spacial score (nSPS) is 20.2. The summed E-state index contributed by atoms with van der Waals surface area (Å²) in [5.41, 5.74) is 1.14. The smallest absolute Gasteiger partial charge is 0.146 e. The number of methoxy groups -OCH3 is 1. The summed E-state index contributed by atoms with van der Waals surface area (Å²) in [6.45, 7) is 8.29. The van der Waals surface area contributed by atoms with Crippen molar-refractivity contribution in [1.82, 2.24) is 4.72 Å². The summed E-state index contributed by atoms with van der Waals surface area (Å²) in [4.78, 5) is 0. The molecule has 2 rings (SSSR count). The molecular weight excluding hydrogens is 370 g/mol. The molecule has 0 radical (unpaired) electrons. The lowest BCUT2D eigenvalue weighted by molar-refractivity contribution is -0.0962. The maximum absolute atomic E-state index is 12.9. The van der Waals surface area contributed by atoms with E-state index in [0.717, 1.165) is 30.7 Å². The SMILES string of the molecule is CC[C@H](OCOC)[C@H](N[S@@](=O)C(C)(C)C)C1(c2ccc(Cl)cc2)CCC1. The van der Waals surface area contributed by atoms with Crippen molar-refractivity contribution >= 4 is 22.6 Å². The van der Waals surface area contributed by atoms with Crippen LogP contribution in [-0.2, 0) is 25.9 Å². The Hall–Kier alpha value is -0.460. The van der Waals surface area contributed by atoms with Crippen molar-refractivity contribution < 1.29 is 13.7 Å². The number of hydrogen-bond acceptors (Lipinski definition) is 3. The Labute approximate surface area is 165 Å². The minimum absolute atomic E-state index is 0.0577. The van der Waals surface area contributed by atoms with Crippen molar-refractivity contribution in [3.63, 3.8) is 0 Å². The highest BCUT2D eigenvalue weighted by Crippen LogP contribution is 2.48. The van der Waals surface area contributed by atoms with Crippen molar-refractivity contribution in [2.75, 3.05) is 13.9 Å². The average Bonchev–Trinajstić information content (AvgIpc) is 2.55. The summed E-state index contributed by atoms with van der Waals surface area (Å²) in [6, 6.07) is 8.01. The lowest BCUT2D eigenvalue weighted by atomic mass is 9.59. The molecule has 0 unspecified atom stereocenters.